The molecule has 1 unspecified atom stereocenters. The number of carbonyl (C=O) groups is 1. The van der Waals surface area contributed by atoms with Crippen LogP contribution in [0.2, 0.25) is 0 Å². The standard InChI is InChI=1S/C11H17N3O3/c1-8-5-10(13(2)12-8)11(16)14-3-4-17-7-9(14)6-15/h5,9,15H,3-4,6-7H2,1-2H3. The lowest BCUT2D eigenvalue weighted by atomic mass is 10.2. The van der Waals surface area contributed by atoms with Crippen LogP contribution in [0.15, 0.2) is 6.07 Å². The molecule has 0 radical (unpaired) electrons. The Morgan fingerprint density at radius 2 is 2.47 bits per heavy atom. The molecule has 0 saturated carbocycles. The van der Waals surface area contributed by atoms with Crippen LogP contribution in [0.4, 0.5) is 0 Å². The molecule has 0 spiro atoms. The lowest BCUT2D eigenvalue weighted by Crippen LogP contribution is -2.50. The van der Waals surface area contributed by atoms with Crippen molar-refractivity contribution < 1.29 is 14.6 Å². The Balaban J connectivity index is 2.21. The van der Waals surface area contributed by atoms with Crippen molar-refractivity contribution >= 4 is 5.91 Å². The number of aliphatic hydroxyl groups is 1. The molecule has 1 fully saturated rings. The fourth-order valence-corrected chi connectivity index (χ4v) is 2.03. The van der Waals surface area contributed by atoms with Crippen molar-refractivity contribution in [3.05, 3.63) is 17.5 Å². The Labute approximate surface area is 99.8 Å². The van der Waals surface area contributed by atoms with Gasteiger partial charge in [-0.25, -0.2) is 0 Å². The molecule has 17 heavy (non-hydrogen) atoms. The third kappa shape index (κ3) is 2.32. The summed E-state index contributed by atoms with van der Waals surface area (Å²) in [5.41, 5.74) is 1.35. The summed E-state index contributed by atoms with van der Waals surface area (Å²) in [6.45, 7) is 3.18. The molecule has 1 aliphatic rings. The van der Waals surface area contributed by atoms with Crippen LogP contribution in [0.3, 0.4) is 0 Å². The summed E-state index contributed by atoms with van der Waals surface area (Å²) in [4.78, 5) is 14.0. The Morgan fingerprint density at radius 1 is 1.71 bits per heavy atom. The van der Waals surface area contributed by atoms with E-state index in [1.165, 1.54) is 0 Å². The van der Waals surface area contributed by atoms with Gasteiger partial charge in [0.05, 0.1) is 31.6 Å². The summed E-state index contributed by atoms with van der Waals surface area (Å²) in [7, 11) is 1.74. The van der Waals surface area contributed by atoms with Crippen LogP contribution in [0, 0.1) is 6.92 Å². The number of morpholine rings is 1. The van der Waals surface area contributed by atoms with Gasteiger partial charge in [-0.3, -0.25) is 9.48 Å². The Bertz CT molecular complexity index is 416. The second-order valence-electron chi connectivity index (χ2n) is 4.20. The maximum absolute atomic E-state index is 12.3. The molecule has 94 valence electrons. The summed E-state index contributed by atoms with van der Waals surface area (Å²) in [6, 6.07) is 1.50. The molecule has 2 rings (SSSR count). The van der Waals surface area contributed by atoms with E-state index in [1.807, 2.05) is 6.92 Å². The number of hydrogen-bond donors (Lipinski definition) is 1. The number of rotatable bonds is 2. The van der Waals surface area contributed by atoms with Gasteiger partial charge in [0, 0.05) is 13.6 Å². The van der Waals surface area contributed by atoms with Crippen molar-refractivity contribution in [2.45, 2.75) is 13.0 Å². The highest BCUT2D eigenvalue weighted by atomic mass is 16.5. The van der Waals surface area contributed by atoms with E-state index >= 15 is 0 Å². The lowest BCUT2D eigenvalue weighted by molar-refractivity contribution is -0.0188. The molecule has 6 nitrogen and oxygen atoms in total. The second kappa shape index (κ2) is 4.85. The van der Waals surface area contributed by atoms with Crippen LogP contribution in [0.25, 0.3) is 0 Å². The number of hydrogen-bond acceptors (Lipinski definition) is 4. The molecule has 2 heterocycles. The predicted octanol–water partition coefficient (Wildman–Crippen LogP) is -0.438. The van der Waals surface area contributed by atoms with Gasteiger partial charge in [0.1, 0.15) is 5.69 Å². The number of ether oxygens (including phenoxy) is 1. The summed E-state index contributed by atoms with van der Waals surface area (Å²) in [6.07, 6.45) is 0. The number of aryl methyl sites for hydroxylation is 2. The first-order chi connectivity index (χ1) is 8.13. The molecule has 1 aliphatic heterocycles. The van der Waals surface area contributed by atoms with Crippen molar-refractivity contribution in [3.63, 3.8) is 0 Å². The predicted molar refractivity (Wildman–Crippen MR) is 60.7 cm³/mol. The third-order valence-electron chi connectivity index (χ3n) is 2.92. The molecule has 0 aromatic carbocycles. The highest BCUT2D eigenvalue weighted by Gasteiger charge is 2.29. The zero-order valence-corrected chi connectivity index (χ0v) is 10.1. The molecular weight excluding hydrogens is 222 g/mol. The van der Waals surface area contributed by atoms with Gasteiger partial charge < -0.3 is 14.7 Å². The number of carbonyl (C=O) groups excluding carboxylic acids is 1. The van der Waals surface area contributed by atoms with E-state index in [1.54, 1.807) is 22.7 Å². The van der Waals surface area contributed by atoms with Crippen molar-refractivity contribution in [2.75, 3.05) is 26.4 Å². The van der Waals surface area contributed by atoms with E-state index in [-0.39, 0.29) is 18.6 Å². The minimum Gasteiger partial charge on any atom is -0.394 e. The molecule has 1 atom stereocenters. The molecule has 0 aliphatic carbocycles. The van der Waals surface area contributed by atoms with E-state index in [0.717, 1.165) is 5.69 Å². The number of aromatic nitrogens is 2. The normalized spacial score (nSPS) is 20.6. The van der Waals surface area contributed by atoms with Gasteiger partial charge in [-0.1, -0.05) is 0 Å². The fourth-order valence-electron chi connectivity index (χ4n) is 2.03. The molecule has 0 bridgehead atoms. The summed E-state index contributed by atoms with van der Waals surface area (Å²) < 4.78 is 6.82. The minimum absolute atomic E-state index is 0.0808. The van der Waals surface area contributed by atoms with E-state index in [2.05, 4.69) is 5.10 Å². The first-order valence-electron chi connectivity index (χ1n) is 5.63. The van der Waals surface area contributed by atoms with Crippen LogP contribution in [0.1, 0.15) is 16.2 Å². The lowest BCUT2D eigenvalue weighted by Gasteiger charge is -2.34. The molecule has 1 aromatic heterocycles. The zero-order valence-electron chi connectivity index (χ0n) is 10.1. The molecule has 1 saturated heterocycles. The average Bonchev–Trinajstić information content (AvgIpc) is 2.67. The van der Waals surface area contributed by atoms with Gasteiger partial charge in [0.25, 0.3) is 5.91 Å². The van der Waals surface area contributed by atoms with Crippen LogP contribution in [-0.2, 0) is 11.8 Å². The maximum Gasteiger partial charge on any atom is 0.272 e. The molecule has 1 N–H and O–H groups in total. The van der Waals surface area contributed by atoms with Gasteiger partial charge in [0.15, 0.2) is 0 Å². The van der Waals surface area contributed by atoms with Crippen LogP contribution in [0.5, 0.6) is 0 Å². The SMILES string of the molecule is Cc1cc(C(=O)N2CCOCC2CO)n(C)n1. The zero-order chi connectivity index (χ0) is 12.4. The summed E-state index contributed by atoms with van der Waals surface area (Å²) in [5.74, 6) is -0.101. The first kappa shape index (κ1) is 12.1. The third-order valence-corrected chi connectivity index (χ3v) is 2.92. The highest BCUT2D eigenvalue weighted by Crippen LogP contribution is 2.12. The maximum atomic E-state index is 12.3. The quantitative estimate of drug-likeness (QED) is 0.760. The molecule has 6 heteroatoms. The van der Waals surface area contributed by atoms with Gasteiger partial charge in [-0.05, 0) is 13.0 Å². The van der Waals surface area contributed by atoms with Crippen molar-refractivity contribution in [3.8, 4) is 0 Å². The number of amides is 1. The highest BCUT2D eigenvalue weighted by molar-refractivity contribution is 5.93. The Morgan fingerprint density at radius 3 is 3.06 bits per heavy atom. The van der Waals surface area contributed by atoms with Gasteiger partial charge >= 0.3 is 0 Å². The summed E-state index contributed by atoms with van der Waals surface area (Å²) >= 11 is 0. The van der Waals surface area contributed by atoms with E-state index in [9.17, 15) is 9.90 Å². The van der Waals surface area contributed by atoms with Crippen molar-refractivity contribution in [2.24, 2.45) is 7.05 Å². The van der Waals surface area contributed by atoms with Gasteiger partial charge in [-0.15, -0.1) is 0 Å². The Hall–Kier alpha value is -1.40. The topological polar surface area (TPSA) is 67.6 Å². The fraction of sp³-hybridized carbons (Fsp3) is 0.636. The molecular formula is C11H17N3O3. The average molecular weight is 239 g/mol. The molecule has 1 aromatic rings. The first-order valence-corrected chi connectivity index (χ1v) is 5.63. The van der Waals surface area contributed by atoms with Crippen LogP contribution in [-0.4, -0.2) is 58.1 Å². The smallest absolute Gasteiger partial charge is 0.272 e. The van der Waals surface area contributed by atoms with Crippen LogP contribution < -0.4 is 0 Å². The van der Waals surface area contributed by atoms with E-state index < -0.39 is 0 Å². The largest absolute Gasteiger partial charge is 0.394 e. The second-order valence-corrected chi connectivity index (χ2v) is 4.20. The van der Waals surface area contributed by atoms with Crippen LogP contribution >= 0.6 is 0 Å². The Kier molecular flexibility index (Phi) is 3.44. The van der Waals surface area contributed by atoms with E-state index in [0.29, 0.717) is 25.5 Å². The van der Waals surface area contributed by atoms with E-state index in [4.69, 9.17) is 4.74 Å². The number of nitrogens with zero attached hydrogens (tertiary/aromatic N) is 3. The number of aliphatic hydroxyl groups excluding tert-OH is 1. The van der Waals surface area contributed by atoms with Crippen molar-refractivity contribution in [1.82, 2.24) is 14.7 Å². The molecule has 1 amide bonds. The monoisotopic (exact) mass is 239 g/mol. The van der Waals surface area contributed by atoms with Gasteiger partial charge in [0.2, 0.25) is 0 Å². The summed E-state index contributed by atoms with van der Waals surface area (Å²) in [5, 5.41) is 13.4. The van der Waals surface area contributed by atoms with Crippen molar-refractivity contribution in [1.29, 1.82) is 0 Å². The minimum atomic E-state index is -0.258. The van der Waals surface area contributed by atoms with Gasteiger partial charge in [-0.2, -0.15) is 5.10 Å².